The second kappa shape index (κ2) is 7.09. The number of rotatable bonds is 6. The molecule has 0 bridgehead atoms. The SMILES string of the molecule is CCOc1cccc(OCC2CCNCC2)c1[N+](=O)[O-]. The number of nitrogens with zero attached hydrogens (tertiary/aromatic N) is 1. The first-order valence-electron chi connectivity index (χ1n) is 6.96. The molecule has 110 valence electrons. The lowest BCUT2D eigenvalue weighted by Crippen LogP contribution is -2.30. The number of hydrogen-bond donors (Lipinski definition) is 1. The molecule has 6 heteroatoms. The molecule has 0 saturated carbocycles. The van der Waals surface area contributed by atoms with Crippen LogP contribution < -0.4 is 14.8 Å². The molecule has 1 aromatic carbocycles. The average Bonchev–Trinajstić information content (AvgIpc) is 2.46. The molecule has 0 spiro atoms. The third-order valence-corrected chi connectivity index (χ3v) is 3.38. The summed E-state index contributed by atoms with van der Waals surface area (Å²) in [5, 5.41) is 14.5. The molecule has 1 saturated heterocycles. The minimum Gasteiger partial charge on any atom is -0.487 e. The van der Waals surface area contributed by atoms with Gasteiger partial charge in [0.1, 0.15) is 0 Å². The van der Waals surface area contributed by atoms with E-state index in [2.05, 4.69) is 5.32 Å². The monoisotopic (exact) mass is 280 g/mol. The van der Waals surface area contributed by atoms with Crippen LogP contribution in [0.1, 0.15) is 19.8 Å². The summed E-state index contributed by atoms with van der Waals surface area (Å²) in [7, 11) is 0. The number of nitro benzene ring substituents is 1. The first-order valence-corrected chi connectivity index (χ1v) is 6.96. The minimum absolute atomic E-state index is 0.0803. The summed E-state index contributed by atoms with van der Waals surface area (Å²) in [5.74, 6) is 1.01. The zero-order valence-corrected chi connectivity index (χ0v) is 11.6. The zero-order chi connectivity index (χ0) is 14.4. The number of piperidine rings is 1. The van der Waals surface area contributed by atoms with E-state index in [9.17, 15) is 10.1 Å². The Morgan fingerprint density at radius 2 is 1.95 bits per heavy atom. The smallest absolute Gasteiger partial charge is 0.352 e. The molecule has 0 radical (unpaired) electrons. The average molecular weight is 280 g/mol. The predicted octanol–water partition coefficient (Wildman–Crippen LogP) is 2.37. The molecule has 20 heavy (non-hydrogen) atoms. The number of nitrogens with one attached hydrogen (secondary N) is 1. The van der Waals surface area contributed by atoms with E-state index in [1.165, 1.54) is 0 Å². The van der Waals surface area contributed by atoms with E-state index in [-0.39, 0.29) is 11.4 Å². The molecule has 0 amide bonds. The summed E-state index contributed by atoms with van der Waals surface area (Å²) in [6.07, 6.45) is 2.08. The number of benzene rings is 1. The molecule has 0 aromatic heterocycles. The Kier molecular flexibility index (Phi) is 5.17. The summed E-state index contributed by atoms with van der Waals surface area (Å²) < 4.78 is 11.0. The Morgan fingerprint density at radius 1 is 1.30 bits per heavy atom. The lowest BCUT2D eigenvalue weighted by Gasteiger charge is -2.22. The maximum Gasteiger partial charge on any atom is 0.352 e. The van der Waals surface area contributed by atoms with Gasteiger partial charge in [0.2, 0.25) is 11.5 Å². The van der Waals surface area contributed by atoms with Crippen molar-refractivity contribution in [1.29, 1.82) is 0 Å². The maximum atomic E-state index is 11.2. The summed E-state index contributed by atoms with van der Waals surface area (Å²) in [5.41, 5.74) is -0.0803. The zero-order valence-electron chi connectivity index (χ0n) is 11.6. The van der Waals surface area contributed by atoms with E-state index >= 15 is 0 Å². The van der Waals surface area contributed by atoms with E-state index in [0.29, 0.717) is 24.9 Å². The van der Waals surface area contributed by atoms with Crippen LogP contribution in [0.5, 0.6) is 11.5 Å². The molecule has 1 aliphatic heterocycles. The largest absolute Gasteiger partial charge is 0.487 e. The van der Waals surface area contributed by atoms with E-state index < -0.39 is 4.92 Å². The van der Waals surface area contributed by atoms with Crippen LogP contribution in [0.15, 0.2) is 18.2 Å². The van der Waals surface area contributed by atoms with Gasteiger partial charge in [-0.1, -0.05) is 6.07 Å². The number of hydrogen-bond acceptors (Lipinski definition) is 5. The lowest BCUT2D eigenvalue weighted by molar-refractivity contribution is -0.386. The van der Waals surface area contributed by atoms with Gasteiger partial charge in [-0.2, -0.15) is 0 Å². The molecular weight excluding hydrogens is 260 g/mol. The van der Waals surface area contributed by atoms with Crippen LogP contribution in [0, 0.1) is 16.0 Å². The highest BCUT2D eigenvalue weighted by Crippen LogP contribution is 2.36. The first-order chi connectivity index (χ1) is 9.72. The van der Waals surface area contributed by atoms with Gasteiger partial charge in [0.05, 0.1) is 18.1 Å². The molecular formula is C14H20N2O4. The fourth-order valence-electron chi connectivity index (χ4n) is 2.33. The highest BCUT2D eigenvalue weighted by Gasteiger charge is 2.23. The number of ether oxygens (including phenoxy) is 2. The van der Waals surface area contributed by atoms with Gasteiger partial charge in [0.25, 0.3) is 0 Å². The molecule has 6 nitrogen and oxygen atoms in total. The normalized spacial score (nSPS) is 15.8. The van der Waals surface area contributed by atoms with Crippen LogP contribution in [0.4, 0.5) is 5.69 Å². The van der Waals surface area contributed by atoms with Gasteiger partial charge in [-0.25, -0.2) is 0 Å². The fourth-order valence-corrected chi connectivity index (χ4v) is 2.33. The van der Waals surface area contributed by atoms with Gasteiger partial charge in [-0.05, 0) is 50.9 Å². The third-order valence-electron chi connectivity index (χ3n) is 3.38. The third kappa shape index (κ3) is 3.60. The van der Waals surface area contributed by atoms with Gasteiger partial charge >= 0.3 is 5.69 Å². The summed E-state index contributed by atoms with van der Waals surface area (Å²) in [4.78, 5) is 10.8. The van der Waals surface area contributed by atoms with Crippen molar-refractivity contribution in [3.05, 3.63) is 28.3 Å². The molecule has 0 aliphatic carbocycles. The van der Waals surface area contributed by atoms with Crippen LogP contribution in [-0.2, 0) is 0 Å². The second-order valence-electron chi connectivity index (χ2n) is 4.80. The maximum absolute atomic E-state index is 11.2. The lowest BCUT2D eigenvalue weighted by atomic mass is 9.99. The minimum atomic E-state index is -0.442. The van der Waals surface area contributed by atoms with E-state index in [4.69, 9.17) is 9.47 Å². The van der Waals surface area contributed by atoms with Gasteiger partial charge in [-0.15, -0.1) is 0 Å². The van der Waals surface area contributed by atoms with E-state index in [0.717, 1.165) is 25.9 Å². The summed E-state index contributed by atoms with van der Waals surface area (Å²) in [6.45, 7) is 4.66. The van der Waals surface area contributed by atoms with Gasteiger partial charge < -0.3 is 14.8 Å². The summed E-state index contributed by atoms with van der Waals surface area (Å²) >= 11 is 0. The van der Waals surface area contributed by atoms with Crippen LogP contribution in [0.25, 0.3) is 0 Å². The van der Waals surface area contributed by atoms with Crippen molar-refractivity contribution < 1.29 is 14.4 Å². The number of para-hydroxylation sites is 1. The summed E-state index contributed by atoms with van der Waals surface area (Å²) in [6, 6.07) is 4.94. The highest BCUT2D eigenvalue weighted by molar-refractivity contribution is 5.57. The predicted molar refractivity (Wildman–Crippen MR) is 75.4 cm³/mol. The second-order valence-corrected chi connectivity index (χ2v) is 4.80. The number of nitro groups is 1. The Balaban J connectivity index is 2.09. The Hall–Kier alpha value is -1.82. The molecule has 1 aromatic rings. The van der Waals surface area contributed by atoms with Crippen molar-refractivity contribution in [2.24, 2.45) is 5.92 Å². The van der Waals surface area contributed by atoms with E-state index in [1.54, 1.807) is 25.1 Å². The van der Waals surface area contributed by atoms with Crippen LogP contribution in [0.2, 0.25) is 0 Å². The first kappa shape index (κ1) is 14.6. The van der Waals surface area contributed by atoms with Crippen molar-refractivity contribution >= 4 is 5.69 Å². The van der Waals surface area contributed by atoms with Crippen LogP contribution in [0.3, 0.4) is 0 Å². The molecule has 1 N–H and O–H groups in total. The van der Waals surface area contributed by atoms with E-state index in [1.807, 2.05) is 0 Å². The molecule has 2 rings (SSSR count). The Bertz CT molecular complexity index is 458. The van der Waals surface area contributed by atoms with Gasteiger partial charge in [0.15, 0.2) is 0 Å². The Labute approximate surface area is 118 Å². The molecule has 1 heterocycles. The van der Waals surface area contributed by atoms with Crippen molar-refractivity contribution in [2.75, 3.05) is 26.3 Å². The van der Waals surface area contributed by atoms with Gasteiger partial charge in [-0.3, -0.25) is 10.1 Å². The topological polar surface area (TPSA) is 73.6 Å². The van der Waals surface area contributed by atoms with Gasteiger partial charge in [0, 0.05) is 0 Å². The fraction of sp³-hybridized carbons (Fsp3) is 0.571. The molecule has 1 aliphatic rings. The highest BCUT2D eigenvalue weighted by atomic mass is 16.6. The van der Waals surface area contributed by atoms with Crippen molar-refractivity contribution in [3.63, 3.8) is 0 Å². The standard InChI is InChI=1S/C14H20N2O4/c1-2-19-12-4-3-5-13(14(12)16(17)18)20-10-11-6-8-15-9-7-11/h3-5,11,15H,2,6-10H2,1H3. The Morgan fingerprint density at radius 3 is 2.55 bits per heavy atom. The van der Waals surface area contributed by atoms with Crippen LogP contribution in [-0.4, -0.2) is 31.2 Å². The molecule has 0 atom stereocenters. The quantitative estimate of drug-likeness (QED) is 0.639. The van der Waals surface area contributed by atoms with Crippen LogP contribution >= 0.6 is 0 Å². The molecule has 1 fully saturated rings. The van der Waals surface area contributed by atoms with Crippen molar-refractivity contribution in [1.82, 2.24) is 5.32 Å². The molecule has 0 unspecified atom stereocenters. The van der Waals surface area contributed by atoms with Crippen molar-refractivity contribution in [3.8, 4) is 11.5 Å². The van der Waals surface area contributed by atoms with Crippen molar-refractivity contribution in [2.45, 2.75) is 19.8 Å².